The summed E-state index contributed by atoms with van der Waals surface area (Å²) in [6.45, 7) is 1.60. The second-order valence-corrected chi connectivity index (χ2v) is 4.65. The van der Waals surface area contributed by atoms with Gasteiger partial charge in [0.25, 0.3) is 5.69 Å². The summed E-state index contributed by atoms with van der Waals surface area (Å²) in [6.07, 6.45) is 1.16. The molecule has 0 aliphatic heterocycles. The van der Waals surface area contributed by atoms with Crippen molar-refractivity contribution >= 4 is 34.8 Å². The molecule has 0 bridgehead atoms. The molecule has 108 valence electrons. The highest BCUT2D eigenvalue weighted by Crippen LogP contribution is 2.25. The van der Waals surface area contributed by atoms with E-state index in [2.05, 4.69) is 10.3 Å². The molecule has 21 heavy (non-hydrogen) atoms. The van der Waals surface area contributed by atoms with Crippen LogP contribution in [0.3, 0.4) is 0 Å². The number of aryl methyl sites for hydroxylation is 1. The zero-order chi connectivity index (χ0) is 15.6. The highest BCUT2D eigenvalue weighted by atomic mass is 35.5. The molecule has 8 heteroatoms. The molecule has 1 aromatic carbocycles. The van der Waals surface area contributed by atoms with Crippen molar-refractivity contribution in [3.8, 4) is 0 Å². The quantitative estimate of drug-likeness (QED) is 0.662. The number of rotatable bonds is 4. The van der Waals surface area contributed by atoms with E-state index in [1.54, 1.807) is 6.92 Å². The van der Waals surface area contributed by atoms with Gasteiger partial charge in [-0.1, -0.05) is 11.6 Å². The summed E-state index contributed by atoms with van der Waals surface area (Å²) in [5.74, 6) is -0.715. The molecule has 2 aromatic rings. The molecule has 0 atom stereocenters. The fraction of sp³-hybridized carbons (Fsp3) is 0.0769. The van der Waals surface area contributed by atoms with Crippen LogP contribution < -0.4 is 5.32 Å². The first-order valence-electron chi connectivity index (χ1n) is 5.79. The zero-order valence-corrected chi connectivity index (χ0v) is 11.6. The van der Waals surface area contributed by atoms with E-state index in [4.69, 9.17) is 16.7 Å². The summed E-state index contributed by atoms with van der Waals surface area (Å²) in [5.41, 5.74) is 0.923. The summed E-state index contributed by atoms with van der Waals surface area (Å²) in [7, 11) is 0. The molecule has 0 unspecified atom stereocenters. The first kappa shape index (κ1) is 14.7. The summed E-state index contributed by atoms with van der Waals surface area (Å²) in [6, 6.07) is 5.87. The second-order valence-electron chi connectivity index (χ2n) is 4.24. The lowest BCUT2D eigenvalue weighted by Gasteiger charge is -2.08. The molecule has 0 saturated carbocycles. The van der Waals surface area contributed by atoms with E-state index in [0.29, 0.717) is 17.1 Å². The average Bonchev–Trinajstić information content (AvgIpc) is 2.37. The van der Waals surface area contributed by atoms with E-state index >= 15 is 0 Å². The Morgan fingerprint density at radius 1 is 1.43 bits per heavy atom. The highest BCUT2D eigenvalue weighted by molar-refractivity contribution is 6.33. The number of nitro groups is 1. The Kier molecular flexibility index (Phi) is 4.04. The van der Waals surface area contributed by atoms with Crippen molar-refractivity contribution in [3.05, 3.63) is 56.7 Å². The first-order chi connectivity index (χ1) is 9.88. The van der Waals surface area contributed by atoms with Crippen LogP contribution in [-0.4, -0.2) is 21.0 Å². The van der Waals surface area contributed by atoms with Gasteiger partial charge in [-0.3, -0.25) is 10.1 Å². The first-order valence-corrected chi connectivity index (χ1v) is 6.17. The number of carbonyl (C=O) groups is 1. The van der Waals surface area contributed by atoms with Gasteiger partial charge in [-0.15, -0.1) is 0 Å². The Morgan fingerprint density at radius 2 is 2.14 bits per heavy atom. The minimum Gasteiger partial charge on any atom is -0.478 e. The fourth-order valence-corrected chi connectivity index (χ4v) is 1.98. The van der Waals surface area contributed by atoms with Gasteiger partial charge in [0.05, 0.1) is 15.5 Å². The van der Waals surface area contributed by atoms with E-state index in [-0.39, 0.29) is 16.3 Å². The Bertz CT molecular complexity index is 672. The van der Waals surface area contributed by atoms with Crippen molar-refractivity contribution in [2.24, 2.45) is 0 Å². The molecule has 0 saturated heterocycles. The zero-order valence-electron chi connectivity index (χ0n) is 10.8. The van der Waals surface area contributed by atoms with Crippen molar-refractivity contribution in [1.29, 1.82) is 0 Å². The molecule has 0 fully saturated rings. The van der Waals surface area contributed by atoms with Crippen molar-refractivity contribution in [2.45, 2.75) is 6.92 Å². The molecular weight excluding hydrogens is 298 g/mol. The number of benzene rings is 1. The highest BCUT2D eigenvalue weighted by Gasteiger charge is 2.12. The average molecular weight is 308 g/mol. The van der Waals surface area contributed by atoms with E-state index in [0.717, 1.165) is 6.20 Å². The molecule has 1 heterocycles. The third-order valence-electron chi connectivity index (χ3n) is 2.75. The van der Waals surface area contributed by atoms with Gasteiger partial charge in [0.1, 0.15) is 12.0 Å². The van der Waals surface area contributed by atoms with Crippen LogP contribution in [0.5, 0.6) is 0 Å². The number of hydrogen-bond donors (Lipinski definition) is 2. The van der Waals surface area contributed by atoms with Gasteiger partial charge in [0.15, 0.2) is 0 Å². The largest absolute Gasteiger partial charge is 0.478 e. The number of nitrogens with zero attached hydrogens (tertiary/aromatic N) is 2. The maximum atomic E-state index is 10.9. The van der Waals surface area contributed by atoms with Crippen molar-refractivity contribution in [1.82, 2.24) is 4.98 Å². The summed E-state index contributed by atoms with van der Waals surface area (Å²) < 4.78 is 0. The number of anilines is 2. The van der Waals surface area contributed by atoms with Crippen LogP contribution in [0.2, 0.25) is 5.02 Å². The lowest BCUT2D eigenvalue weighted by molar-refractivity contribution is -0.385. The van der Waals surface area contributed by atoms with Crippen molar-refractivity contribution < 1.29 is 14.8 Å². The van der Waals surface area contributed by atoms with E-state index < -0.39 is 10.9 Å². The molecule has 1 aromatic heterocycles. The lowest BCUT2D eigenvalue weighted by atomic mass is 10.2. The van der Waals surface area contributed by atoms with Crippen LogP contribution in [0.4, 0.5) is 17.2 Å². The Hall–Kier alpha value is -2.67. The van der Waals surface area contributed by atoms with Gasteiger partial charge in [-0.25, -0.2) is 9.78 Å². The van der Waals surface area contributed by atoms with E-state index in [1.807, 2.05) is 0 Å². The molecule has 0 amide bonds. The molecule has 7 nitrogen and oxygen atoms in total. The van der Waals surface area contributed by atoms with Crippen molar-refractivity contribution in [2.75, 3.05) is 5.32 Å². The number of nitrogens with one attached hydrogen (secondary N) is 1. The summed E-state index contributed by atoms with van der Waals surface area (Å²) in [5, 5.41) is 22.6. The maximum absolute atomic E-state index is 10.9. The van der Waals surface area contributed by atoms with Crippen LogP contribution in [0.25, 0.3) is 0 Å². The van der Waals surface area contributed by atoms with Gasteiger partial charge in [0.2, 0.25) is 0 Å². The van der Waals surface area contributed by atoms with Gasteiger partial charge in [0, 0.05) is 11.3 Å². The van der Waals surface area contributed by atoms with Gasteiger partial charge < -0.3 is 10.4 Å². The van der Waals surface area contributed by atoms with Gasteiger partial charge in [-0.2, -0.15) is 0 Å². The van der Waals surface area contributed by atoms with Gasteiger partial charge >= 0.3 is 5.97 Å². The number of hydrogen-bond acceptors (Lipinski definition) is 5. The number of halogens is 1. The SMILES string of the molecule is Cc1cc(Nc2ccc(C(=O)O)c(Cl)c2)ncc1[N+](=O)[O-]. The normalized spacial score (nSPS) is 10.2. The van der Waals surface area contributed by atoms with Crippen LogP contribution in [0.1, 0.15) is 15.9 Å². The topological polar surface area (TPSA) is 105 Å². The second kappa shape index (κ2) is 5.76. The third kappa shape index (κ3) is 3.26. The van der Waals surface area contributed by atoms with Crippen molar-refractivity contribution in [3.63, 3.8) is 0 Å². The van der Waals surface area contributed by atoms with E-state index in [1.165, 1.54) is 24.3 Å². The number of pyridine rings is 1. The van der Waals surface area contributed by atoms with Crippen LogP contribution in [0, 0.1) is 17.0 Å². The maximum Gasteiger partial charge on any atom is 0.337 e. The van der Waals surface area contributed by atoms with Crippen LogP contribution in [-0.2, 0) is 0 Å². The number of carboxylic acid groups (broad SMARTS) is 1. The van der Waals surface area contributed by atoms with Crippen LogP contribution >= 0.6 is 11.6 Å². The third-order valence-corrected chi connectivity index (χ3v) is 3.06. The molecular formula is C13H10ClN3O4. The smallest absolute Gasteiger partial charge is 0.337 e. The Balaban J connectivity index is 2.26. The molecule has 2 rings (SSSR count). The number of aromatic nitrogens is 1. The summed E-state index contributed by atoms with van der Waals surface area (Å²) in [4.78, 5) is 25.0. The molecule has 0 aliphatic rings. The molecule has 0 radical (unpaired) electrons. The molecule has 2 N–H and O–H groups in total. The van der Waals surface area contributed by atoms with Gasteiger partial charge in [-0.05, 0) is 31.2 Å². The number of carboxylic acids is 1. The molecule has 0 spiro atoms. The number of aromatic carboxylic acids is 1. The lowest BCUT2D eigenvalue weighted by Crippen LogP contribution is -2.00. The van der Waals surface area contributed by atoms with E-state index in [9.17, 15) is 14.9 Å². The predicted molar refractivity (Wildman–Crippen MR) is 77.3 cm³/mol. The summed E-state index contributed by atoms with van der Waals surface area (Å²) >= 11 is 5.86. The minimum absolute atomic E-state index is 0.00458. The molecule has 0 aliphatic carbocycles. The van der Waals surface area contributed by atoms with Crippen LogP contribution in [0.15, 0.2) is 30.5 Å². The Labute approximate surface area is 124 Å². The minimum atomic E-state index is -1.11. The predicted octanol–water partition coefficient (Wildman–Crippen LogP) is 3.39. The Morgan fingerprint density at radius 3 is 2.67 bits per heavy atom. The standard InChI is InChI=1S/C13H10ClN3O4/c1-7-4-12(15-6-11(7)17(20)21)16-8-2-3-9(13(18)19)10(14)5-8/h2-6H,1H3,(H,15,16)(H,18,19). The fourth-order valence-electron chi connectivity index (χ4n) is 1.72. The monoisotopic (exact) mass is 307 g/mol.